The van der Waals surface area contributed by atoms with Gasteiger partial charge in [0, 0.05) is 19.3 Å². The molecular formula is C18H22N4O. The minimum absolute atomic E-state index is 0.0438. The van der Waals surface area contributed by atoms with Gasteiger partial charge in [-0.3, -0.25) is 4.79 Å². The van der Waals surface area contributed by atoms with Crippen LogP contribution in [-0.4, -0.2) is 23.9 Å². The number of para-hydroxylation sites is 1. The Morgan fingerprint density at radius 3 is 2.57 bits per heavy atom. The van der Waals surface area contributed by atoms with Crippen molar-refractivity contribution in [1.29, 1.82) is 10.5 Å². The largest absolute Gasteiger partial charge is 0.376 e. The maximum Gasteiger partial charge on any atom is 0.267 e. The van der Waals surface area contributed by atoms with Crippen molar-refractivity contribution < 1.29 is 4.79 Å². The highest BCUT2D eigenvalue weighted by Crippen LogP contribution is 2.15. The lowest BCUT2D eigenvalue weighted by Crippen LogP contribution is -2.23. The molecular weight excluding hydrogens is 288 g/mol. The minimum atomic E-state index is -0.493. The molecule has 0 saturated carbocycles. The van der Waals surface area contributed by atoms with E-state index in [1.165, 1.54) is 0 Å². The van der Waals surface area contributed by atoms with E-state index in [1.807, 2.05) is 17.0 Å². The number of amides is 1. The van der Waals surface area contributed by atoms with E-state index in [0.29, 0.717) is 11.3 Å². The number of benzene rings is 1. The lowest BCUT2D eigenvalue weighted by Gasteiger charge is -2.19. The van der Waals surface area contributed by atoms with Crippen molar-refractivity contribution >= 4 is 11.6 Å². The van der Waals surface area contributed by atoms with E-state index in [-0.39, 0.29) is 5.57 Å². The van der Waals surface area contributed by atoms with Crippen LogP contribution in [0.5, 0.6) is 0 Å². The zero-order valence-electron chi connectivity index (χ0n) is 13.7. The molecule has 0 unspecified atom stereocenters. The number of carbonyl (C=O) groups excluding carboxylic acids is 1. The fourth-order valence-corrected chi connectivity index (χ4v) is 2.09. The summed E-state index contributed by atoms with van der Waals surface area (Å²) in [4.78, 5) is 14.3. The summed E-state index contributed by atoms with van der Waals surface area (Å²) in [5.41, 5.74) is 0.827. The predicted octanol–water partition coefficient (Wildman–Crippen LogP) is 3.42. The predicted molar refractivity (Wildman–Crippen MR) is 90.3 cm³/mol. The smallest absolute Gasteiger partial charge is 0.267 e. The highest BCUT2D eigenvalue weighted by Gasteiger charge is 2.13. The van der Waals surface area contributed by atoms with E-state index in [4.69, 9.17) is 5.26 Å². The fourth-order valence-electron chi connectivity index (χ4n) is 2.09. The van der Waals surface area contributed by atoms with Gasteiger partial charge < -0.3 is 10.2 Å². The standard InChI is InChI=1S/C18H22N4O/c1-3-5-11-22(10-4-2)14-16(13-20)18(23)21-17-9-7-6-8-15(17)12-19/h6-9,14H,3-5,10-11H2,1-2H3,(H,21,23)/b16-14-. The van der Waals surface area contributed by atoms with Crippen LogP contribution >= 0.6 is 0 Å². The first-order valence-electron chi connectivity index (χ1n) is 7.82. The molecule has 0 atom stereocenters. The SMILES string of the molecule is CCCCN(/C=C(/C#N)C(=O)Nc1ccccc1C#N)CCC. The maximum atomic E-state index is 12.3. The maximum absolute atomic E-state index is 12.3. The molecule has 0 aromatic heterocycles. The zero-order chi connectivity index (χ0) is 17.1. The molecule has 0 radical (unpaired) electrons. The normalized spacial score (nSPS) is 10.5. The second kappa shape index (κ2) is 10.0. The average molecular weight is 310 g/mol. The molecule has 23 heavy (non-hydrogen) atoms. The molecule has 120 valence electrons. The number of rotatable bonds is 8. The molecule has 0 aliphatic rings. The highest BCUT2D eigenvalue weighted by atomic mass is 16.1. The van der Waals surface area contributed by atoms with E-state index in [2.05, 4.69) is 19.2 Å². The first-order chi connectivity index (χ1) is 11.2. The Morgan fingerprint density at radius 1 is 1.22 bits per heavy atom. The van der Waals surface area contributed by atoms with Crippen molar-refractivity contribution in [2.24, 2.45) is 0 Å². The monoisotopic (exact) mass is 310 g/mol. The van der Waals surface area contributed by atoms with E-state index >= 15 is 0 Å². The van der Waals surface area contributed by atoms with Crippen molar-refractivity contribution in [1.82, 2.24) is 4.90 Å². The van der Waals surface area contributed by atoms with Gasteiger partial charge in [0.2, 0.25) is 0 Å². The van der Waals surface area contributed by atoms with Gasteiger partial charge >= 0.3 is 0 Å². The van der Waals surface area contributed by atoms with Crippen molar-refractivity contribution in [2.75, 3.05) is 18.4 Å². The van der Waals surface area contributed by atoms with E-state index in [9.17, 15) is 10.1 Å². The number of unbranched alkanes of at least 4 members (excludes halogenated alkanes) is 1. The quantitative estimate of drug-likeness (QED) is 0.589. The number of anilines is 1. The van der Waals surface area contributed by atoms with Gasteiger partial charge in [-0.2, -0.15) is 10.5 Å². The summed E-state index contributed by atoms with van der Waals surface area (Å²) >= 11 is 0. The van der Waals surface area contributed by atoms with Gasteiger partial charge in [0.05, 0.1) is 11.3 Å². The van der Waals surface area contributed by atoms with Crippen molar-refractivity contribution in [3.63, 3.8) is 0 Å². The summed E-state index contributed by atoms with van der Waals surface area (Å²) in [6.07, 6.45) is 4.62. The van der Waals surface area contributed by atoms with E-state index < -0.39 is 5.91 Å². The van der Waals surface area contributed by atoms with Gasteiger partial charge in [0.1, 0.15) is 17.7 Å². The second-order valence-corrected chi connectivity index (χ2v) is 5.16. The van der Waals surface area contributed by atoms with Crippen molar-refractivity contribution in [3.05, 3.63) is 41.6 Å². The molecule has 1 aromatic carbocycles. The Labute approximate surface area is 137 Å². The van der Waals surface area contributed by atoms with Gasteiger partial charge in [0.25, 0.3) is 5.91 Å². The molecule has 0 saturated heterocycles. The summed E-state index contributed by atoms with van der Waals surface area (Å²) in [6, 6.07) is 10.7. The van der Waals surface area contributed by atoms with Gasteiger partial charge in [-0.15, -0.1) is 0 Å². The molecule has 0 aliphatic heterocycles. The minimum Gasteiger partial charge on any atom is -0.376 e. The van der Waals surface area contributed by atoms with Crippen LogP contribution in [0.3, 0.4) is 0 Å². The summed E-state index contributed by atoms with van der Waals surface area (Å²) < 4.78 is 0. The Kier molecular flexibility index (Phi) is 7.96. The van der Waals surface area contributed by atoms with Crippen LogP contribution in [0.2, 0.25) is 0 Å². The molecule has 1 aromatic rings. The third-order valence-corrected chi connectivity index (χ3v) is 3.28. The van der Waals surface area contributed by atoms with Crippen LogP contribution in [0.15, 0.2) is 36.0 Å². The summed E-state index contributed by atoms with van der Waals surface area (Å²) in [5.74, 6) is -0.493. The third-order valence-electron chi connectivity index (χ3n) is 3.28. The first-order valence-corrected chi connectivity index (χ1v) is 7.82. The zero-order valence-corrected chi connectivity index (χ0v) is 13.7. The number of carbonyl (C=O) groups is 1. The summed E-state index contributed by atoms with van der Waals surface area (Å²) in [7, 11) is 0. The van der Waals surface area contributed by atoms with Crippen molar-refractivity contribution in [2.45, 2.75) is 33.1 Å². The molecule has 1 N–H and O–H groups in total. The van der Waals surface area contributed by atoms with Crippen LogP contribution < -0.4 is 5.32 Å². The lowest BCUT2D eigenvalue weighted by molar-refractivity contribution is -0.112. The molecule has 1 amide bonds. The van der Waals surface area contributed by atoms with Gasteiger partial charge in [-0.1, -0.05) is 32.4 Å². The van der Waals surface area contributed by atoms with Crippen LogP contribution in [0.25, 0.3) is 0 Å². The molecule has 0 fully saturated rings. The molecule has 1 rings (SSSR count). The topological polar surface area (TPSA) is 79.9 Å². The van der Waals surface area contributed by atoms with Crippen molar-refractivity contribution in [3.8, 4) is 12.1 Å². The molecule has 0 spiro atoms. The van der Waals surface area contributed by atoms with Crippen LogP contribution in [0, 0.1) is 22.7 Å². The number of hydrogen-bond acceptors (Lipinski definition) is 4. The molecule has 5 heteroatoms. The Balaban J connectivity index is 2.91. The highest BCUT2D eigenvalue weighted by molar-refractivity contribution is 6.07. The van der Waals surface area contributed by atoms with Crippen LogP contribution in [0.1, 0.15) is 38.7 Å². The molecule has 5 nitrogen and oxygen atoms in total. The molecule has 0 heterocycles. The summed E-state index contributed by atoms with van der Waals surface area (Å²) in [5, 5.41) is 21.0. The Morgan fingerprint density at radius 2 is 1.96 bits per heavy atom. The van der Waals surface area contributed by atoms with Crippen LogP contribution in [0.4, 0.5) is 5.69 Å². The fraction of sp³-hybridized carbons (Fsp3) is 0.389. The van der Waals surface area contributed by atoms with Gasteiger partial charge in [-0.25, -0.2) is 0 Å². The first kappa shape index (κ1) is 18.3. The molecule has 0 bridgehead atoms. The Bertz CT molecular complexity index is 637. The molecule has 0 aliphatic carbocycles. The van der Waals surface area contributed by atoms with Crippen LogP contribution in [-0.2, 0) is 4.79 Å². The number of nitrogens with one attached hydrogen (secondary N) is 1. The second-order valence-electron chi connectivity index (χ2n) is 5.16. The number of hydrogen-bond donors (Lipinski definition) is 1. The van der Waals surface area contributed by atoms with E-state index in [1.54, 1.807) is 30.5 Å². The number of nitriles is 2. The van der Waals surface area contributed by atoms with Gasteiger partial charge in [-0.05, 0) is 25.0 Å². The van der Waals surface area contributed by atoms with E-state index in [0.717, 1.165) is 32.4 Å². The third kappa shape index (κ3) is 5.84. The average Bonchev–Trinajstić information content (AvgIpc) is 2.57. The summed E-state index contributed by atoms with van der Waals surface area (Å²) in [6.45, 7) is 5.78. The van der Waals surface area contributed by atoms with Gasteiger partial charge in [0.15, 0.2) is 0 Å². The Hall–Kier alpha value is -2.79. The lowest BCUT2D eigenvalue weighted by atomic mass is 10.2. The number of nitrogens with zero attached hydrogens (tertiary/aromatic N) is 3.